The molecule has 7 heteroatoms. The highest BCUT2D eigenvalue weighted by Crippen LogP contribution is 2.35. The number of nitrogens with zero attached hydrogens (tertiary/aromatic N) is 1. The average molecular weight is 373 g/mol. The summed E-state index contributed by atoms with van der Waals surface area (Å²) >= 11 is 0. The van der Waals surface area contributed by atoms with Gasteiger partial charge in [-0.05, 0) is 12.3 Å². The first-order chi connectivity index (χ1) is 12.1. The van der Waals surface area contributed by atoms with Gasteiger partial charge in [-0.15, -0.1) is 0 Å². The number of carbonyl (C=O) groups is 2. The fourth-order valence-electron chi connectivity index (χ4n) is 3.69. The second-order valence-electron chi connectivity index (χ2n) is 7.89. The van der Waals surface area contributed by atoms with Crippen LogP contribution < -0.4 is 0 Å². The third kappa shape index (κ3) is 4.96. The molecule has 1 amide bonds. The van der Waals surface area contributed by atoms with E-state index in [-0.39, 0.29) is 6.42 Å². The first kappa shape index (κ1) is 22.9. The molecule has 1 fully saturated rings. The van der Waals surface area contributed by atoms with E-state index in [4.69, 9.17) is 0 Å². The number of carboxylic acids is 1. The third-order valence-corrected chi connectivity index (χ3v) is 5.76. The monoisotopic (exact) mass is 373 g/mol. The van der Waals surface area contributed by atoms with Crippen molar-refractivity contribution in [3.8, 4) is 0 Å². The lowest BCUT2D eigenvalue weighted by atomic mass is 9.81. The first-order valence-electron chi connectivity index (χ1n) is 9.66. The van der Waals surface area contributed by atoms with Crippen LogP contribution in [0.1, 0.15) is 65.7 Å². The quantitative estimate of drug-likeness (QED) is 0.407. The Bertz CT molecular complexity index is 483. The highest BCUT2D eigenvalue weighted by Gasteiger charge is 2.53. The number of aliphatic hydroxyl groups is 3. The first-order valence-corrected chi connectivity index (χ1v) is 9.66. The molecule has 1 unspecified atom stereocenters. The molecule has 0 aromatic heterocycles. The van der Waals surface area contributed by atoms with Crippen molar-refractivity contribution in [3.63, 3.8) is 0 Å². The molecule has 4 N–H and O–H groups in total. The summed E-state index contributed by atoms with van der Waals surface area (Å²) in [6.45, 7) is 5.29. The minimum atomic E-state index is -2.04. The Morgan fingerprint density at radius 1 is 1.23 bits per heavy atom. The fraction of sp³-hybridized carbons (Fsp3) is 0.895. The van der Waals surface area contributed by atoms with Crippen LogP contribution in [0.3, 0.4) is 0 Å². The number of amides is 1. The molecule has 152 valence electrons. The smallest absolute Gasteiger partial charge is 0.336 e. The van der Waals surface area contributed by atoms with Crippen molar-refractivity contribution < 1.29 is 30.0 Å². The van der Waals surface area contributed by atoms with Gasteiger partial charge in [0.15, 0.2) is 5.60 Å². The Hall–Kier alpha value is -1.18. The Labute approximate surface area is 156 Å². The molecule has 1 heterocycles. The van der Waals surface area contributed by atoms with Crippen LogP contribution in [0.4, 0.5) is 0 Å². The molecule has 0 spiro atoms. The maximum absolute atomic E-state index is 12.5. The van der Waals surface area contributed by atoms with Crippen molar-refractivity contribution in [3.05, 3.63) is 0 Å². The highest BCUT2D eigenvalue weighted by molar-refractivity contribution is 5.83. The molecule has 0 aliphatic carbocycles. The molecule has 0 radical (unpaired) electrons. The van der Waals surface area contributed by atoms with Crippen LogP contribution in [0, 0.1) is 11.8 Å². The van der Waals surface area contributed by atoms with Crippen LogP contribution in [0.25, 0.3) is 0 Å². The minimum absolute atomic E-state index is 0.275. The molecule has 1 rings (SSSR count). The molecule has 1 aliphatic heterocycles. The normalized spacial score (nSPS) is 27.0. The van der Waals surface area contributed by atoms with Gasteiger partial charge in [0.25, 0.3) is 0 Å². The van der Waals surface area contributed by atoms with Gasteiger partial charge in [-0.1, -0.05) is 52.9 Å². The number of aliphatic carboxylic acids is 1. The molecule has 0 saturated carbocycles. The zero-order valence-corrected chi connectivity index (χ0v) is 16.4. The van der Waals surface area contributed by atoms with Crippen molar-refractivity contribution in [2.75, 3.05) is 7.05 Å². The summed E-state index contributed by atoms with van der Waals surface area (Å²) in [6.07, 6.45) is 3.05. The predicted octanol–water partition coefficient (Wildman–Crippen LogP) is 1.39. The van der Waals surface area contributed by atoms with Gasteiger partial charge < -0.3 is 25.3 Å². The van der Waals surface area contributed by atoms with Crippen LogP contribution in [0.15, 0.2) is 0 Å². The van der Waals surface area contributed by atoms with Gasteiger partial charge in [0.05, 0.1) is 24.2 Å². The van der Waals surface area contributed by atoms with Crippen molar-refractivity contribution >= 4 is 11.9 Å². The van der Waals surface area contributed by atoms with E-state index in [2.05, 4.69) is 6.92 Å². The summed E-state index contributed by atoms with van der Waals surface area (Å²) < 4.78 is 0. The van der Waals surface area contributed by atoms with Crippen LogP contribution in [0.2, 0.25) is 0 Å². The highest BCUT2D eigenvalue weighted by atomic mass is 16.4. The maximum atomic E-state index is 12.5. The molecule has 1 saturated heterocycles. The van der Waals surface area contributed by atoms with E-state index in [1.165, 1.54) is 11.9 Å². The van der Waals surface area contributed by atoms with Gasteiger partial charge >= 0.3 is 5.97 Å². The lowest BCUT2D eigenvalue weighted by Gasteiger charge is -2.33. The molecule has 5 atom stereocenters. The summed E-state index contributed by atoms with van der Waals surface area (Å²) in [4.78, 5) is 25.3. The number of carbonyl (C=O) groups excluding carboxylic acids is 1. The number of hydrogen-bond donors (Lipinski definition) is 4. The van der Waals surface area contributed by atoms with E-state index in [0.29, 0.717) is 6.42 Å². The van der Waals surface area contributed by atoms with Gasteiger partial charge in [0.2, 0.25) is 5.91 Å². The number of carboxylic acid groups (broad SMARTS) is 1. The summed E-state index contributed by atoms with van der Waals surface area (Å²) in [5.74, 6) is -3.33. The van der Waals surface area contributed by atoms with Crippen molar-refractivity contribution in [2.45, 2.75) is 89.6 Å². The summed E-state index contributed by atoms with van der Waals surface area (Å²) in [7, 11) is 1.48. The summed E-state index contributed by atoms with van der Waals surface area (Å²) in [5, 5.41) is 40.9. The van der Waals surface area contributed by atoms with Crippen molar-refractivity contribution in [1.82, 2.24) is 4.90 Å². The summed E-state index contributed by atoms with van der Waals surface area (Å²) in [6, 6.07) is -0.842. The summed E-state index contributed by atoms with van der Waals surface area (Å²) in [5.41, 5.74) is -2.04. The number of rotatable bonds is 11. The van der Waals surface area contributed by atoms with E-state index in [0.717, 1.165) is 32.1 Å². The fourth-order valence-corrected chi connectivity index (χ4v) is 3.69. The zero-order valence-electron chi connectivity index (χ0n) is 16.4. The Kier molecular flexibility index (Phi) is 8.50. The molecule has 7 nitrogen and oxygen atoms in total. The molecular weight excluding hydrogens is 338 g/mol. The second-order valence-corrected chi connectivity index (χ2v) is 7.89. The van der Waals surface area contributed by atoms with Crippen LogP contribution in [0.5, 0.6) is 0 Å². The molecule has 0 aromatic carbocycles. The van der Waals surface area contributed by atoms with Gasteiger partial charge in [-0.25, -0.2) is 4.79 Å². The third-order valence-electron chi connectivity index (χ3n) is 5.76. The average Bonchev–Trinajstić information content (AvgIpc) is 2.77. The molecule has 26 heavy (non-hydrogen) atoms. The molecular formula is C19H35NO6. The number of aliphatic hydroxyl groups excluding tert-OH is 2. The van der Waals surface area contributed by atoms with Crippen LogP contribution in [-0.2, 0) is 9.59 Å². The van der Waals surface area contributed by atoms with E-state index in [9.17, 15) is 30.0 Å². The van der Waals surface area contributed by atoms with Gasteiger partial charge in [0, 0.05) is 13.5 Å². The van der Waals surface area contributed by atoms with E-state index in [1.807, 2.05) is 0 Å². The lowest BCUT2D eigenvalue weighted by Crippen LogP contribution is -2.50. The maximum Gasteiger partial charge on any atom is 0.336 e. The number of unbranched alkanes of at least 4 members (excludes halogenated alkanes) is 4. The van der Waals surface area contributed by atoms with Gasteiger partial charge in [-0.3, -0.25) is 4.79 Å². The van der Waals surface area contributed by atoms with Crippen LogP contribution in [-0.4, -0.2) is 68.1 Å². The SMILES string of the molecule is CCCCCCCC(O)[C@@H]1C(=O)N(C)[C@H](C[C@@](O)(C(=O)O)C(C)C)[C@@H]1O. The standard InChI is InChI=1S/C19H35NO6/c1-5-6-7-8-9-10-14(21)15-16(22)13(20(4)17(15)23)11-19(26,12(2)3)18(24)25/h12-16,21-22,26H,5-11H2,1-4H3,(H,24,25)/t13-,14?,15+,16+,19+/m1/s1. The number of likely N-dealkylation sites (tertiary alicyclic amines) is 1. The van der Waals surface area contributed by atoms with Crippen molar-refractivity contribution in [2.24, 2.45) is 11.8 Å². The topological polar surface area (TPSA) is 118 Å². The van der Waals surface area contributed by atoms with Gasteiger partial charge in [0.1, 0.15) is 0 Å². The van der Waals surface area contributed by atoms with Crippen molar-refractivity contribution in [1.29, 1.82) is 0 Å². The Morgan fingerprint density at radius 2 is 1.81 bits per heavy atom. The largest absolute Gasteiger partial charge is 0.479 e. The zero-order chi connectivity index (χ0) is 20.1. The predicted molar refractivity (Wildman–Crippen MR) is 97.5 cm³/mol. The Morgan fingerprint density at radius 3 is 2.31 bits per heavy atom. The minimum Gasteiger partial charge on any atom is -0.479 e. The van der Waals surface area contributed by atoms with Crippen LogP contribution >= 0.6 is 0 Å². The molecule has 0 bridgehead atoms. The number of likely N-dealkylation sites (N-methyl/N-ethyl adjacent to an activating group) is 1. The lowest BCUT2D eigenvalue weighted by molar-refractivity contribution is -0.167. The van der Waals surface area contributed by atoms with E-state index in [1.54, 1.807) is 13.8 Å². The molecule has 0 aromatic rings. The number of hydrogen-bond acceptors (Lipinski definition) is 5. The second kappa shape index (κ2) is 9.67. The Balaban J connectivity index is 2.78. The van der Waals surface area contributed by atoms with E-state index < -0.39 is 47.6 Å². The molecule has 1 aliphatic rings. The van der Waals surface area contributed by atoms with E-state index >= 15 is 0 Å². The van der Waals surface area contributed by atoms with Gasteiger partial charge in [-0.2, -0.15) is 0 Å².